The molecule has 0 aliphatic heterocycles. The molecule has 2 aliphatic carbocycles. The first-order valence-electron chi connectivity index (χ1n) is 13.1. The van der Waals surface area contributed by atoms with Crippen LogP contribution in [0.1, 0.15) is 67.8 Å². The predicted octanol–water partition coefficient (Wildman–Crippen LogP) is 5.97. The van der Waals surface area contributed by atoms with Gasteiger partial charge in [-0.1, -0.05) is 67.8 Å². The molecule has 2 aromatic carbocycles. The number of amides is 2. The van der Waals surface area contributed by atoms with Crippen molar-refractivity contribution in [3.05, 3.63) is 65.7 Å². The Balaban J connectivity index is 1.60. The first-order valence-corrected chi connectivity index (χ1v) is 13.1. The molecule has 0 bridgehead atoms. The lowest BCUT2D eigenvalue weighted by Crippen LogP contribution is -2.40. The van der Waals surface area contributed by atoms with Gasteiger partial charge in [0.15, 0.2) is 0 Å². The third-order valence-corrected chi connectivity index (χ3v) is 7.68. The number of hydrogen-bond donors (Lipinski definition) is 1. The normalized spacial score (nSPS) is 17.2. The van der Waals surface area contributed by atoms with Gasteiger partial charge in [0.05, 0.1) is 16.8 Å². The number of carbonyl (C=O) groups is 2. The van der Waals surface area contributed by atoms with Gasteiger partial charge < -0.3 is 10.2 Å². The van der Waals surface area contributed by atoms with Gasteiger partial charge in [-0.2, -0.15) is 0 Å². The largest absolute Gasteiger partial charge is 0.349 e. The zero-order chi connectivity index (χ0) is 24.4. The molecule has 5 heteroatoms. The van der Waals surface area contributed by atoms with Crippen molar-refractivity contribution in [1.29, 1.82) is 0 Å². The van der Waals surface area contributed by atoms with Crippen molar-refractivity contribution in [3.8, 4) is 11.3 Å². The molecule has 1 N–H and O–H groups in total. The summed E-state index contributed by atoms with van der Waals surface area (Å²) >= 11 is 0. The number of pyridine rings is 1. The van der Waals surface area contributed by atoms with Crippen molar-refractivity contribution in [3.63, 3.8) is 0 Å². The van der Waals surface area contributed by atoms with Crippen molar-refractivity contribution in [1.82, 2.24) is 15.2 Å². The van der Waals surface area contributed by atoms with Crippen LogP contribution in [0.15, 0.2) is 54.6 Å². The molecule has 5 rings (SSSR count). The van der Waals surface area contributed by atoms with E-state index < -0.39 is 0 Å². The Kier molecular flexibility index (Phi) is 6.85. The minimum Gasteiger partial charge on any atom is -0.349 e. The van der Waals surface area contributed by atoms with Crippen molar-refractivity contribution in [2.75, 3.05) is 7.05 Å². The van der Waals surface area contributed by atoms with Crippen LogP contribution in [-0.2, 0) is 11.3 Å². The summed E-state index contributed by atoms with van der Waals surface area (Å²) in [4.78, 5) is 33.7. The van der Waals surface area contributed by atoms with E-state index in [1.165, 1.54) is 32.1 Å². The molecule has 0 radical (unpaired) electrons. The first-order chi connectivity index (χ1) is 17.0. The predicted molar refractivity (Wildman–Crippen MR) is 140 cm³/mol. The summed E-state index contributed by atoms with van der Waals surface area (Å²) in [6.45, 7) is 2.50. The lowest BCUT2D eigenvalue weighted by atomic mass is 9.84. The lowest BCUT2D eigenvalue weighted by molar-refractivity contribution is -0.131. The maximum Gasteiger partial charge on any atom is 0.252 e. The average Bonchev–Trinajstić information content (AvgIpc) is 3.74. The quantitative estimate of drug-likeness (QED) is 0.464. The third-order valence-electron chi connectivity index (χ3n) is 7.68. The molecule has 5 nitrogen and oxygen atoms in total. The summed E-state index contributed by atoms with van der Waals surface area (Å²) in [5.41, 5.74) is 3.99. The molecule has 2 aliphatic rings. The highest BCUT2D eigenvalue weighted by molar-refractivity contribution is 6.09. The van der Waals surface area contributed by atoms with E-state index in [1.54, 1.807) is 4.90 Å². The van der Waals surface area contributed by atoms with Gasteiger partial charge in [-0.15, -0.1) is 0 Å². The number of hydrogen-bond acceptors (Lipinski definition) is 3. The van der Waals surface area contributed by atoms with Crippen LogP contribution < -0.4 is 5.32 Å². The number of nitrogens with zero attached hydrogens (tertiary/aromatic N) is 2. The van der Waals surface area contributed by atoms with Gasteiger partial charge in [-0.25, -0.2) is 4.98 Å². The van der Waals surface area contributed by atoms with Crippen LogP contribution in [-0.4, -0.2) is 34.8 Å². The van der Waals surface area contributed by atoms with E-state index in [-0.39, 0.29) is 23.8 Å². The fraction of sp³-hybridized carbons (Fsp3) is 0.433. The summed E-state index contributed by atoms with van der Waals surface area (Å²) < 4.78 is 0. The van der Waals surface area contributed by atoms with Gasteiger partial charge >= 0.3 is 0 Å². The number of carbonyl (C=O) groups excluding carboxylic acids is 2. The molecule has 3 aromatic rings. The SMILES string of the molecule is C[C@H](NC(=O)c1c(CN(C)C(=O)C2CC2)c(-c2ccccc2)nc2ccccc12)C1CCCCC1. The number of fused-ring (bicyclic) bond motifs is 1. The van der Waals surface area contributed by atoms with Crippen molar-refractivity contribution in [2.24, 2.45) is 11.8 Å². The molecular weight excluding hydrogens is 434 g/mol. The minimum atomic E-state index is -0.0684. The van der Waals surface area contributed by atoms with Gasteiger partial charge in [0.2, 0.25) is 5.91 Å². The second kappa shape index (κ2) is 10.2. The molecule has 182 valence electrons. The van der Waals surface area contributed by atoms with Crippen molar-refractivity contribution < 1.29 is 9.59 Å². The van der Waals surface area contributed by atoms with Crippen LogP contribution in [0.2, 0.25) is 0 Å². The molecule has 2 amide bonds. The van der Waals surface area contributed by atoms with Crippen LogP contribution >= 0.6 is 0 Å². The maximum absolute atomic E-state index is 14.0. The van der Waals surface area contributed by atoms with Crippen LogP contribution in [0.4, 0.5) is 0 Å². The van der Waals surface area contributed by atoms with Crippen LogP contribution in [0.5, 0.6) is 0 Å². The zero-order valence-corrected chi connectivity index (χ0v) is 20.8. The van der Waals surface area contributed by atoms with Gasteiger partial charge in [0, 0.05) is 42.1 Å². The molecule has 2 saturated carbocycles. The smallest absolute Gasteiger partial charge is 0.252 e. The molecule has 35 heavy (non-hydrogen) atoms. The van der Waals surface area contributed by atoms with E-state index in [4.69, 9.17) is 4.98 Å². The number of nitrogens with one attached hydrogen (secondary N) is 1. The molecule has 0 spiro atoms. The summed E-state index contributed by atoms with van der Waals surface area (Å²) in [5.74, 6) is 0.717. The highest BCUT2D eigenvalue weighted by atomic mass is 16.2. The summed E-state index contributed by atoms with van der Waals surface area (Å²) in [5, 5.41) is 4.18. The summed E-state index contributed by atoms with van der Waals surface area (Å²) in [6.07, 6.45) is 8.01. The van der Waals surface area contributed by atoms with Gasteiger partial charge in [0.1, 0.15) is 0 Å². The van der Waals surface area contributed by atoms with E-state index in [9.17, 15) is 9.59 Å². The highest BCUT2D eigenvalue weighted by Gasteiger charge is 2.33. The first kappa shape index (κ1) is 23.5. The molecule has 0 unspecified atom stereocenters. The zero-order valence-electron chi connectivity index (χ0n) is 20.8. The Labute approximate surface area is 207 Å². The Morgan fingerprint density at radius 1 is 0.971 bits per heavy atom. The fourth-order valence-corrected chi connectivity index (χ4v) is 5.49. The maximum atomic E-state index is 14.0. The standard InChI is InChI=1S/C30H35N3O2/c1-20(21-11-5-3-6-12-21)31-29(34)27-24-15-9-10-16-26(24)32-28(22-13-7-4-8-14-22)25(27)19-33(2)30(35)23-17-18-23/h4,7-10,13-16,20-21,23H,3,5-6,11-12,17-19H2,1-2H3,(H,31,34)/t20-/m0/s1. The summed E-state index contributed by atoms with van der Waals surface area (Å²) in [6, 6.07) is 18.0. The topological polar surface area (TPSA) is 62.3 Å². The number of para-hydroxylation sites is 1. The Morgan fingerprint density at radius 3 is 2.37 bits per heavy atom. The fourth-order valence-electron chi connectivity index (χ4n) is 5.49. The molecule has 2 fully saturated rings. The van der Waals surface area contributed by atoms with Crippen LogP contribution in [0.3, 0.4) is 0 Å². The van der Waals surface area contributed by atoms with E-state index in [2.05, 4.69) is 12.2 Å². The van der Waals surface area contributed by atoms with Gasteiger partial charge in [0.25, 0.3) is 5.91 Å². The molecule has 1 heterocycles. The van der Waals surface area contributed by atoms with E-state index in [0.29, 0.717) is 18.0 Å². The lowest BCUT2D eigenvalue weighted by Gasteiger charge is -2.29. The molecule has 1 aromatic heterocycles. The Bertz CT molecular complexity index is 1210. The van der Waals surface area contributed by atoms with Crippen LogP contribution in [0, 0.1) is 11.8 Å². The number of rotatable bonds is 7. The average molecular weight is 470 g/mol. The number of aromatic nitrogens is 1. The Hall–Kier alpha value is -3.21. The van der Waals surface area contributed by atoms with E-state index in [1.807, 2.05) is 61.6 Å². The van der Waals surface area contributed by atoms with Crippen molar-refractivity contribution in [2.45, 2.75) is 64.5 Å². The molecule has 0 saturated heterocycles. The number of benzene rings is 2. The van der Waals surface area contributed by atoms with Gasteiger partial charge in [-0.05, 0) is 44.6 Å². The van der Waals surface area contributed by atoms with E-state index in [0.717, 1.165) is 40.6 Å². The summed E-state index contributed by atoms with van der Waals surface area (Å²) in [7, 11) is 1.84. The second-order valence-corrected chi connectivity index (χ2v) is 10.3. The Morgan fingerprint density at radius 2 is 1.66 bits per heavy atom. The monoisotopic (exact) mass is 469 g/mol. The van der Waals surface area contributed by atoms with Crippen LogP contribution in [0.25, 0.3) is 22.2 Å². The minimum absolute atomic E-state index is 0.0684. The van der Waals surface area contributed by atoms with E-state index >= 15 is 0 Å². The molecule has 1 atom stereocenters. The van der Waals surface area contributed by atoms with Crippen molar-refractivity contribution >= 4 is 22.7 Å². The highest BCUT2D eigenvalue weighted by Crippen LogP contribution is 2.35. The van der Waals surface area contributed by atoms with Gasteiger partial charge in [-0.3, -0.25) is 9.59 Å². The third kappa shape index (κ3) is 5.09. The molecular formula is C30H35N3O2. The second-order valence-electron chi connectivity index (χ2n) is 10.3.